The van der Waals surface area contributed by atoms with Gasteiger partial charge in [-0.15, -0.1) is 12.6 Å². The van der Waals surface area contributed by atoms with Gasteiger partial charge in [0, 0.05) is 18.0 Å². The average molecular weight is 263 g/mol. The molecule has 2 rings (SSSR count). The van der Waals surface area contributed by atoms with E-state index < -0.39 is 0 Å². The number of carbonyl (C=O) groups excluding carboxylic acids is 1. The molecule has 0 spiro atoms. The lowest BCUT2D eigenvalue weighted by Crippen LogP contribution is -2.34. The molecule has 1 aliphatic carbocycles. The smallest absolute Gasteiger partial charge is 0.226 e. The van der Waals surface area contributed by atoms with Crippen LogP contribution in [-0.2, 0) is 11.2 Å². The van der Waals surface area contributed by atoms with Gasteiger partial charge in [0.15, 0.2) is 0 Å². The van der Waals surface area contributed by atoms with Gasteiger partial charge in [-0.2, -0.15) is 0 Å². The second-order valence-corrected chi connectivity index (χ2v) is 5.64. The summed E-state index contributed by atoms with van der Waals surface area (Å²) in [5.41, 5.74) is 1.08. The van der Waals surface area contributed by atoms with Crippen molar-refractivity contribution in [2.24, 2.45) is 5.92 Å². The number of carbonyl (C=O) groups is 1. The fourth-order valence-electron chi connectivity index (χ4n) is 2.10. The zero-order valence-electron chi connectivity index (χ0n) is 10.9. The van der Waals surface area contributed by atoms with Crippen molar-refractivity contribution in [2.45, 2.75) is 37.5 Å². The summed E-state index contributed by atoms with van der Waals surface area (Å²) in [6, 6.07) is 7.86. The Morgan fingerprint density at radius 2 is 2.00 bits per heavy atom. The SMILES string of the molecule is CCCN(CC1CC1)C(=O)Cc1ccc(S)cc1. The summed E-state index contributed by atoms with van der Waals surface area (Å²) in [5, 5.41) is 0. The lowest BCUT2D eigenvalue weighted by Gasteiger charge is -2.22. The van der Waals surface area contributed by atoms with Gasteiger partial charge in [-0.25, -0.2) is 0 Å². The van der Waals surface area contributed by atoms with Crippen molar-refractivity contribution in [1.29, 1.82) is 0 Å². The molecule has 0 saturated heterocycles. The molecule has 0 radical (unpaired) electrons. The number of hydrogen-bond acceptors (Lipinski definition) is 2. The van der Waals surface area contributed by atoms with E-state index in [1.807, 2.05) is 29.2 Å². The molecular formula is C15H21NOS. The van der Waals surface area contributed by atoms with E-state index in [2.05, 4.69) is 19.6 Å². The Bertz CT molecular complexity index is 397. The van der Waals surface area contributed by atoms with Crippen LogP contribution < -0.4 is 0 Å². The summed E-state index contributed by atoms with van der Waals surface area (Å²) in [5.74, 6) is 1.02. The maximum Gasteiger partial charge on any atom is 0.226 e. The van der Waals surface area contributed by atoms with Crippen LogP contribution in [0.3, 0.4) is 0 Å². The quantitative estimate of drug-likeness (QED) is 0.782. The van der Waals surface area contributed by atoms with Crippen molar-refractivity contribution in [1.82, 2.24) is 4.90 Å². The third-order valence-electron chi connectivity index (χ3n) is 3.31. The van der Waals surface area contributed by atoms with Crippen LogP contribution in [0.25, 0.3) is 0 Å². The number of thiol groups is 1. The first-order valence-electron chi connectivity index (χ1n) is 6.74. The lowest BCUT2D eigenvalue weighted by atomic mass is 10.1. The molecule has 1 saturated carbocycles. The Labute approximate surface area is 115 Å². The highest BCUT2D eigenvalue weighted by atomic mass is 32.1. The Morgan fingerprint density at radius 1 is 1.33 bits per heavy atom. The van der Waals surface area contributed by atoms with Gasteiger partial charge < -0.3 is 4.90 Å². The molecule has 1 amide bonds. The van der Waals surface area contributed by atoms with Gasteiger partial charge in [0.25, 0.3) is 0 Å². The van der Waals surface area contributed by atoms with Crippen molar-refractivity contribution in [2.75, 3.05) is 13.1 Å². The Hall–Kier alpha value is -0.960. The molecule has 0 atom stereocenters. The van der Waals surface area contributed by atoms with Crippen molar-refractivity contribution in [3.63, 3.8) is 0 Å². The van der Waals surface area contributed by atoms with Crippen molar-refractivity contribution < 1.29 is 4.79 Å². The van der Waals surface area contributed by atoms with Crippen LogP contribution in [0.4, 0.5) is 0 Å². The van der Waals surface area contributed by atoms with Gasteiger partial charge in [-0.1, -0.05) is 19.1 Å². The molecule has 1 aromatic carbocycles. The zero-order valence-corrected chi connectivity index (χ0v) is 11.8. The summed E-state index contributed by atoms with van der Waals surface area (Å²) in [4.78, 5) is 15.2. The van der Waals surface area contributed by atoms with E-state index in [9.17, 15) is 4.79 Å². The van der Waals surface area contributed by atoms with Crippen molar-refractivity contribution in [3.05, 3.63) is 29.8 Å². The van der Waals surface area contributed by atoms with E-state index in [1.54, 1.807) is 0 Å². The topological polar surface area (TPSA) is 20.3 Å². The first-order chi connectivity index (χ1) is 8.69. The molecule has 18 heavy (non-hydrogen) atoms. The minimum atomic E-state index is 0.260. The predicted molar refractivity (Wildman–Crippen MR) is 77.0 cm³/mol. The maximum atomic E-state index is 12.3. The van der Waals surface area contributed by atoms with Crippen LogP contribution in [0.15, 0.2) is 29.2 Å². The van der Waals surface area contributed by atoms with E-state index >= 15 is 0 Å². The highest BCUT2D eigenvalue weighted by Crippen LogP contribution is 2.30. The number of rotatable bonds is 6. The molecule has 0 unspecified atom stereocenters. The maximum absolute atomic E-state index is 12.3. The molecule has 0 aliphatic heterocycles. The van der Waals surface area contributed by atoms with Crippen LogP contribution in [-0.4, -0.2) is 23.9 Å². The van der Waals surface area contributed by atoms with Crippen molar-refractivity contribution >= 4 is 18.5 Å². The van der Waals surface area contributed by atoms with Crippen LogP contribution in [0.5, 0.6) is 0 Å². The van der Waals surface area contributed by atoms with Gasteiger partial charge in [0.1, 0.15) is 0 Å². The third-order valence-corrected chi connectivity index (χ3v) is 3.61. The first kappa shape index (κ1) is 13.5. The van der Waals surface area contributed by atoms with Gasteiger partial charge in [0.05, 0.1) is 6.42 Å². The Balaban J connectivity index is 1.92. The average Bonchev–Trinajstić information content (AvgIpc) is 3.15. The molecule has 0 heterocycles. The number of benzene rings is 1. The van der Waals surface area contributed by atoms with Crippen molar-refractivity contribution in [3.8, 4) is 0 Å². The fraction of sp³-hybridized carbons (Fsp3) is 0.533. The zero-order chi connectivity index (χ0) is 13.0. The first-order valence-corrected chi connectivity index (χ1v) is 7.19. The molecule has 0 N–H and O–H groups in total. The van der Waals surface area contributed by atoms with Gasteiger partial charge >= 0.3 is 0 Å². The molecule has 0 bridgehead atoms. The standard InChI is InChI=1S/C15H21NOS/c1-2-9-16(11-13-3-4-13)15(17)10-12-5-7-14(18)8-6-12/h5-8,13,18H,2-4,9-11H2,1H3. The van der Waals surface area contributed by atoms with E-state index in [-0.39, 0.29) is 5.91 Å². The molecule has 1 aliphatic rings. The van der Waals surface area contributed by atoms with Crippen LogP contribution in [0, 0.1) is 5.92 Å². The van der Waals surface area contributed by atoms with E-state index in [1.165, 1.54) is 12.8 Å². The van der Waals surface area contributed by atoms with Crippen LogP contribution >= 0.6 is 12.6 Å². The molecule has 0 aromatic heterocycles. The van der Waals surface area contributed by atoms with Gasteiger partial charge in [-0.05, 0) is 42.9 Å². The summed E-state index contributed by atoms with van der Waals surface area (Å²) in [7, 11) is 0. The number of hydrogen-bond donors (Lipinski definition) is 1. The molecule has 2 nitrogen and oxygen atoms in total. The molecular weight excluding hydrogens is 242 g/mol. The summed E-state index contributed by atoms with van der Waals surface area (Å²) < 4.78 is 0. The Kier molecular flexibility index (Phi) is 4.70. The second-order valence-electron chi connectivity index (χ2n) is 5.13. The van der Waals surface area contributed by atoms with Crippen LogP contribution in [0.2, 0.25) is 0 Å². The lowest BCUT2D eigenvalue weighted by molar-refractivity contribution is -0.130. The molecule has 1 fully saturated rings. The third kappa shape index (κ3) is 4.05. The highest BCUT2D eigenvalue weighted by molar-refractivity contribution is 7.80. The van der Waals surface area contributed by atoms with E-state index in [0.29, 0.717) is 6.42 Å². The fourth-order valence-corrected chi connectivity index (χ4v) is 2.25. The van der Waals surface area contributed by atoms with Gasteiger partial charge in [0.2, 0.25) is 5.91 Å². The second kappa shape index (κ2) is 6.28. The van der Waals surface area contributed by atoms with Crippen LogP contribution in [0.1, 0.15) is 31.7 Å². The molecule has 98 valence electrons. The molecule has 1 aromatic rings. The number of amides is 1. The van der Waals surface area contributed by atoms with E-state index in [4.69, 9.17) is 0 Å². The minimum Gasteiger partial charge on any atom is -0.342 e. The summed E-state index contributed by atoms with van der Waals surface area (Å²) in [6.07, 6.45) is 4.14. The largest absolute Gasteiger partial charge is 0.342 e. The normalized spacial score (nSPS) is 14.6. The molecule has 3 heteroatoms. The predicted octanol–water partition coefficient (Wildman–Crippen LogP) is 3.17. The monoisotopic (exact) mass is 263 g/mol. The minimum absolute atomic E-state index is 0.260. The Morgan fingerprint density at radius 3 is 2.56 bits per heavy atom. The number of nitrogens with zero attached hydrogens (tertiary/aromatic N) is 1. The van der Waals surface area contributed by atoms with Gasteiger partial charge in [-0.3, -0.25) is 4.79 Å². The highest BCUT2D eigenvalue weighted by Gasteiger charge is 2.26. The summed E-state index contributed by atoms with van der Waals surface area (Å²) in [6.45, 7) is 3.97. The summed E-state index contributed by atoms with van der Waals surface area (Å²) >= 11 is 4.25. The van der Waals surface area contributed by atoms with E-state index in [0.717, 1.165) is 35.9 Å².